The molecular weight excluding hydrogens is 677 g/mol. The van der Waals surface area contributed by atoms with E-state index in [1.807, 2.05) is 35.0 Å². The summed E-state index contributed by atoms with van der Waals surface area (Å²) in [5, 5.41) is 0. The topological polar surface area (TPSA) is 111 Å². The van der Waals surface area contributed by atoms with Crippen LogP contribution in [-0.4, -0.2) is 70.0 Å². The van der Waals surface area contributed by atoms with Gasteiger partial charge in [0.1, 0.15) is 19.8 Å². The molecule has 52 heavy (non-hydrogen) atoms. The molecule has 3 unspecified atom stereocenters. The van der Waals surface area contributed by atoms with Crippen molar-refractivity contribution >= 4 is 19.8 Å². The Morgan fingerprint density at radius 2 is 0.923 bits per heavy atom. The molecule has 0 saturated carbocycles. The average molecular weight is 762 g/mol. The summed E-state index contributed by atoms with van der Waals surface area (Å²) in [7, 11) is 1.16. The molecular formula is C42H84NO8P. The first-order valence-corrected chi connectivity index (χ1v) is 23.0. The largest absolute Gasteiger partial charge is 0.756 e. The van der Waals surface area contributed by atoms with Crippen LogP contribution in [0, 0.1) is 11.8 Å². The Morgan fingerprint density at radius 1 is 0.558 bits per heavy atom. The number of phosphoric acid groups is 1. The summed E-state index contributed by atoms with van der Waals surface area (Å²) in [5.74, 6) is -1.47. The zero-order valence-corrected chi connectivity index (χ0v) is 36.0. The number of ether oxygens (including phenoxy) is 2. The Balaban J connectivity index is 4.62. The highest BCUT2D eigenvalue weighted by atomic mass is 31.2. The van der Waals surface area contributed by atoms with Crippen LogP contribution in [0.1, 0.15) is 195 Å². The molecule has 0 fully saturated rings. The quantitative estimate of drug-likeness (QED) is 0.0265. The normalized spacial score (nSPS) is 14.8. The first kappa shape index (κ1) is 51.0. The fourth-order valence-corrected chi connectivity index (χ4v) is 6.90. The number of nitrogens with zero attached hydrogens (tertiary/aromatic N) is 1. The number of unbranched alkanes of at least 4 members (excludes halogenated alkanes) is 22. The van der Waals surface area contributed by atoms with E-state index >= 15 is 0 Å². The molecule has 0 heterocycles. The molecule has 10 heteroatoms. The highest BCUT2D eigenvalue weighted by Crippen LogP contribution is 2.38. The summed E-state index contributed by atoms with van der Waals surface area (Å²) in [6, 6.07) is 0. The third kappa shape index (κ3) is 33.6. The first-order chi connectivity index (χ1) is 24.8. The maximum absolute atomic E-state index is 13.0. The third-order valence-corrected chi connectivity index (χ3v) is 10.9. The Labute approximate surface area is 321 Å². The van der Waals surface area contributed by atoms with Crippen molar-refractivity contribution in [1.29, 1.82) is 0 Å². The van der Waals surface area contributed by atoms with Crippen molar-refractivity contribution in [1.82, 2.24) is 0 Å². The second-order valence-electron chi connectivity index (χ2n) is 16.4. The number of likely N-dealkylation sites (N-methyl/N-ethyl adjacent to an activating group) is 1. The second-order valence-corrected chi connectivity index (χ2v) is 17.8. The Kier molecular flexibility index (Phi) is 32.7. The molecule has 0 aromatic rings. The van der Waals surface area contributed by atoms with Crippen molar-refractivity contribution < 1.29 is 42.1 Å². The smallest absolute Gasteiger partial charge is 0.309 e. The maximum atomic E-state index is 13.0. The van der Waals surface area contributed by atoms with Gasteiger partial charge in [0.05, 0.1) is 39.6 Å². The molecule has 0 saturated heterocycles. The van der Waals surface area contributed by atoms with E-state index in [9.17, 15) is 19.0 Å². The first-order valence-electron chi connectivity index (χ1n) is 21.6. The molecule has 0 aromatic heterocycles. The van der Waals surface area contributed by atoms with Gasteiger partial charge in [0.25, 0.3) is 7.82 Å². The standard InChI is InChI=1S/C42H84NO8P/c1-8-10-12-14-16-18-20-22-24-26-28-30-32-38(3)41(44)48-36-40(37-50-52(46,47)49-35-34-43(5,6)7)51-42(45)39(4)33-31-29-27-25-23-21-19-17-15-13-11-9-2/h38-40H,8-37H2,1-7H3/t38?,39?,40-/m1/s1. The van der Waals surface area contributed by atoms with Crippen molar-refractivity contribution in [2.24, 2.45) is 11.8 Å². The van der Waals surface area contributed by atoms with E-state index in [2.05, 4.69) is 13.8 Å². The van der Waals surface area contributed by atoms with Gasteiger partial charge < -0.3 is 27.9 Å². The molecule has 0 rings (SSSR count). The number of quaternary nitrogens is 1. The number of rotatable bonds is 38. The van der Waals surface area contributed by atoms with Gasteiger partial charge in [-0.15, -0.1) is 0 Å². The van der Waals surface area contributed by atoms with Crippen LogP contribution in [0.4, 0.5) is 0 Å². The molecule has 0 spiro atoms. The number of esters is 2. The lowest BCUT2D eigenvalue weighted by Crippen LogP contribution is -2.37. The van der Waals surface area contributed by atoms with Crippen molar-refractivity contribution in [3.8, 4) is 0 Å². The lowest BCUT2D eigenvalue weighted by Gasteiger charge is -2.28. The second kappa shape index (κ2) is 33.4. The molecule has 0 radical (unpaired) electrons. The molecule has 0 aliphatic heterocycles. The predicted octanol–water partition coefficient (Wildman–Crippen LogP) is 11.1. The van der Waals surface area contributed by atoms with E-state index in [0.29, 0.717) is 17.4 Å². The Bertz CT molecular complexity index is 896. The monoisotopic (exact) mass is 762 g/mol. The van der Waals surface area contributed by atoms with E-state index in [0.717, 1.165) is 38.5 Å². The summed E-state index contributed by atoms with van der Waals surface area (Å²) in [4.78, 5) is 38.3. The summed E-state index contributed by atoms with van der Waals surface area (Å²) in [6.07, 6.45) is 30.5. The Hall–Kier alpha value is -0.990. The van der Waals surface area contributed by atoms with Crippen molar-refractivity contribution in [2.45, 2.75) is 201 Å². The fraction of sp³-hybridized carbons (Fsp3) is 0.952. The van der Waals surface area contributed by atoms with E-state index in [4.69, 9.17) is 18.5 Å². The average Bonchev–Trinajstić information content (AvgIpc) is 3.09. The Morgan fingerprint density at radius 3 is 1.31 bits per heavy atom. The summed E-state index contributed by atoms with van der Waals surface area (Å²) < 4.78 is 34.3. The summed E-state index contributed by atoms with van der Waals surface area (Å²) in [6.45, 7) is 7.88. The van der Waals surface area contributed by atoms with Gasteiger partial charge in [-0.05, 0) is 12.8 Å². The van der Waals surface area contributed by atoms with Gasteiger partial charge in [0, 0.05) is 0 Å². The third-order valence-electron chi connectivity index (χ3n) is 9.91. The van der Waals surface area contributed by atoms with Crippen molar-refractivity contribution in [3.05, 3.63) is 0 Å². The van der Waals surface area contributed by atoms with Gasteiger partial charge >= 0.3 is 11.9 Å². The minimum Gasteiger partial charge on any atom is -0.756 e. The van der Waals surface area contributed by atoms with Crippen molar-refractivity contribution in [3.63, 3.8) is 0 Å². The fourth-order valence-electron chi connectivity index (χ4n) is 6.17. The molecule has 4 atom stereocenters. The van der Waals surface area contributed by atoms with Gasteiger partial charge in [-0.1, -0.05) is 182 Å². The lowest BCUT2D eigenvalue weighted by atomic mass is 10.0. The number of carbonyl (C=O) groups excluding carboxylic acids is 2. The van der Waals surface area contributed by atoms with Gasteiger partial charge in [-0.25, -0.2) is 0 Å². The van der Waals surface area contributed by atoms with E-state index < -0.39 is 26.5 Å². The zero-order chi connectivity index (χ0) is 38.9. The molecule has 0 aromatic carbocycles. The highest BCUT2D eigenvalue weighted by Gasteiger charge is 2.25. The van der Waals surface area contributed by atoms with Crippen LogP contribution in [-0.2, 0) is 32.7 Å². The van der Waals surface area contributed by atoms with E-state index in [1.54, 1.807) is 0 Å². The van der Waals surface area contributed by atoms with E-state index in [1.165, 1.54) is 122 Å². The molecule has 0 bridgehead atoms. The van der Waals surface area contributed by atoms with Crippen LogP contribution in [0.25, 0.3) is 0 Å². The van der Waals surface area contributed by atoms with Gasteiger partial charge in [0.2, 0.25) is 0 Å². The minimum absolute atomic E-state index is 0.0313. The minimum atomic E-state index is -4.64. The van der Waals surface area contributed by atoms with Crippen LogP contribution in [0.3, 0.4) is 0 Å². The van der Waals surface area contributed by atoms with Crippen LogP contribution >= 0.6 is 7.82 Å². The molecule has 9 nitrogen and oxygen atoms in total. The predicted molar refractivity (Wildman–Crippen MR) is 213 cm³/mol. The van der Waals surface area contributed by atoms with Gasteiger partial charge in [-0.2, -0.15) is 0 Å². The van der Waals surface area contributed by atoms with Gasteiger partial charge in [-0.3, -0.25) is 14.2 Å². The zero-order valence-electron chi connectivity index (χ0n) is 35.1. The molecule has 0 N–H and O–H groups in total. The van der Waals surface area contributed by atoms with Crippen LogP contribution in [0.15, 0.2) is 0 Å². The molecule has 0 aliphatic rings. The van der Waals surface area contributed by atoms with Crippen LogP contribution in [0.2, 0.25) is 0 Å². The number of phosphoric ester groups is 1. The maximum Gasteiger partial charge on any atom is 0.309 e. The van der Waals surface area contributed by atoms with Crippen molar-refractivity contribution in [2.75, 3.05) is 47.5 Å². The van der Waals surface area contributed by atoms with Crippen LogP contribution < -0.4 is 4.89 Å². The molecule has 310 valence electrons. The summed E-state index contributed by atoms with van der Waals surface area (Å²) in [5.41, 5.74) is 0. The summed E-state index contributed by atoms with van der Waals surface area (Å²) >= 11 is 0. The van der Waals surface area contributed by atoms with E-state index in [-0.39, 0.29) is 31.0 Å². The van der Waals surface area contributed by atoms with Gasteiger partial charge in [0.15, 0.2) is 6.10 Å². The lowest BCUT2D eigenvalue weighted by molar-refractivity contribution is -0.870. The number of carbonyl (C=O) groups is 2. The molecule has 0 amide bonds. The molecule has 0 aliphatic carbocycles. The number of hydrogen-bond donors (Lipinski definition) is 0. The SMILES string of the molecule is CCCCCCCCCCCCCCC(C)C(=O)OC[C@H](COP(=O)([O-])OCC[N+](C)(C)C)OC(=O)C(C)CCCCCCCCCCCCCC. The van der Waals surface area contributed by atoms with Crippen LogP contribution in [0.5, 0.6) is 0 Å². The highest BCUT2D eigenvalue weighted by molar-refractivity contribution is 7.45. The number of hydrogen-bond acceptors (Lipinski definition) is 8.